The van der Waals surface area contributed by atoms with Gasteiger partial charge in [-0.05, 0) is 50.2 Å². The molecule has 1 heterocycles. The third-order valence-corrected chi connectivity index (χ3v) is 4.21. The highest BCUT2D eigenvalue weighted by Crippen LogP contribution is 2.24. The predicted molar refractivity (Wildman–Crippen MR) is 87.2 cm³/mol. The molecule has 0 spiro atoms. The Bertz CT molecular complexity index is 461. The van der Waals surface area contributed by atoms with Crippen LogP contribution in [0.4, 0.5) is 10.1 Å². The largest absolute Gasteiger partial charge is 0.368 e. The number of likely N-dealkylation sites (N-methyl/N-ethyl adjacent to an activating group) is 1. The standard InChI is InChI=1S/C17H28FN3/c1-13(2)10-19-11-15-9-16(18)5-6-17(15)21-8-7-20(4)14(3)12-21/h5-6,9,13-14,19H,7-8,10-12H2,1-4H3. The van der Waals surface area contributed by atoms with Crippen molar-refractivity contribution < 1.29 is 4.39 Å². The van der Waals surface area contributed by atoms with E-state index in [9.17, 15) is 4.39 Å². The van der Waals surface area contributed by atoms with Gasteiger partial charge in [-0.15, -0.1) is 0 Å². The zero-order chi connectivity index (χ0) is 15.4. The van der Waals surface area contributed by atoms with Crippen LogP contribution in [-0.4, -0.2) is 44.2 Å². The maximum atomic E-state index is 13.6. The van der Waals surface area contributed by atoms with Crippen molar-refractivity contribution in [1.29, 1.82) is 0 Å². The van der Waals surface area contributed by atoms with Gasteiger partial charge in [0.05, 0.1) is 0 Å². The Morgan fingerprint density at radius 1 is 1.33 bits per heavy atom. The monoisotopic (exact) mass is 293 g/mol. The first kappa shape index (κ1) is 16.2. The quantitative estimate of drug-likeness (QED) is 0.900. The lowest BCUT2D eigenvalue weighted by Crippen LogP contribution is -2.50. The van der Waals surface area contributed by atoms with E-state index in [4.69, 9.17) is 0 Å². The van der Waals surface area contributed by atoms with Gasteiger partial charge in [-0.3, -0.25) is 0 Å². The molecule has 2 rings (SSSR count). The summed E-state index contributed by atoms with van der Waals surface area (Å²) < 4.78 is 13.6. The van der Waals surface area contributed by atoms with Gasteiger partial charge in [0, 0.05) is 37.9 Å². The summed E-state index contributed by atoms with van der Waals surface area (Å²) in [6, 6.07) is 5.70. The molecule has 118 valence electrons. The molecular formula is C17H28FN3. The molecule has 1 fully saturated rings. The molecule has 0 bridgehead atoms. The first-order valence-corrected chi connectivity index (χ1v) is 7.91. The van der Waals surface area contributed by atoms with E-state index in [1.807, 2.05) is 6.07 Å². The summed E-state index contributed by atoms with van der Waals surface area (Å²) in [6.07, 6.45) is 0. The highest BCUT2D eigenvalue weighted by Gasteiger charge is 2.22. The van der Waals surface area contributed by atoms with Crippen molar-refractivity contribution in [1.82, 2.24) is 10.2 Å². The number of nitrogens with one attached hydrogen (secondary N) is 1. The van der Waals surface area contributed by atoms with E-state index >= 15 is 0 Å². The second-order valence-electron chi connectivity index (χ2n) is 6.57. The number of hydrogen-bond donors (Lipinski definition) is 1. The summed E-state index contributed by atoms with van der Waals surface area (Å²) in [5, 5.41) is 3.42. The van der Waals surface area contributed by atoms with Crippen molar-refractivity contribution in [3.05, 3.63) is 29.6 Å². The lowest BCUT2D eigenvalue weighted by Gasteiger charge is -2.39. The van der Waals surface area contributed by atoms with Crippen LogP contribution in [0, 0.1) is 11.7 Å². The number of anilines is 1. The molecule has 3 nitrogen and oxygen atoms in total. The number of nitrogens with zero attached hydrogens (tertiary/aromatic N) is 2. The smallest absolute Gasteiger partial charge is 0.123 e. The van der Waals surface area contributed by atoms with Crippen molar-refractivity contribution in [3.8, 4) is 0 Å². The molecule has 21 heavy (non-hydrogen) atoms. The molecule has 1 aliphatic rings. The molecular weight excluding hydrogens is 265 g/mol. The minimum atomic E-state index is -0.151. The van der Waals surface area contributed by atoms with Gasteiger partial charge in [0.1, 0.15) is 5.82 Å². The summed E-state index contributed by atoms with van der Waals surface area (Å²) in [6.45, 7) is 11.3. The highest BCUT2D eigenvalue weighted by molar-refractivity contribution is 5.54. The molecule has 0 amide bonds. The molecule has 0 radical (unpaired) electrons. The lowest BCUT2D eigenvalue weighted by molar-refractivity contribution is 0.234. The Morgan fingerprint density at radius 3 is 2.76 bits per heavy atom. The molecule has 1 aromatic rings. The van der Waals surface area contributed by atoms with Gasteiger partial charge < -0.3 is 15.1 Å². The number of rotatable bonds is 5. The fourth-order valence-corrected chi connectivity index (χ4v) is 2.77. The molecule has 1 atom stereocenters. The summed E-state index contributed by atoms with van der Waals surface area (Å²) in [7, 11) is 2.16. The molecule has 1 unspecified atom stereocenters. The van der Waals surface area contributed by atoms with Crippen LogP contribution in [-0.2, 0) is 6.54 Å². The minimum Gasteiger partial charge on any atom is -0.368 e. The van der Waals surface area contributed by atoms with E-state index < -0.39 is 0 Å². The Morgan fingerprint density at radius 2 is 2.10 bits per heavy atom. The van der Waals surface area contributed by atoms with E-state index in [1.165, 1.54) is 5.69 Å². The molecule has 1 aromatic carbocycles. The van der Waals surface area contributed by atoms with Crippen molar-refractivity contribution in [2.75, 3.05) is 38.1 Å². The number of piperazine rings is 1. The SMILES string of the molecule is CC(C)CNCc1cc(F)ccc1N1CCN(C)C(C)C1. The number of hydrogen-bond acceptors (Lipinski definition) is 3. The van der Waals surface area contributed by atoms with Gasteiger partial charge in [-0.2, -0.15) is 0 Å². The maximum Gasteiger partial charge on any atom is 0.123 e. The summed E-state index contributed by atoms with van der Waals surface area (Å²) in [5.74, 6) is 0.452. The number of halogens is 1. The predicted octanol–water partition coefficient (Wildman–Crippen LogP) is 2.71. The lowest BCUT2D eigenvalue weighted by atomic mass is 10.1. The van der Waals surface area contributed by atoms with Crippen molar-refractivity contribution in [2.24, 2.45) is 5.92 Å². The second kappa shape index (κ2) is 7.23. The van der Waals surface area contributed by atoms with E-state index in [0.29, 0.717) is 12.0 Å². The van der Waals surface area contributed by atoms with E-state index in [1.54, 1.807) is 12.1 Å². The van der Waals surface area contributed by atoms with Gasteiger partial charge in [-0.1, -0.05) is 13.8 Å². The first-order valence-electron chi connectivity index (χ1n) is 7.91. The molecule has 4 heteroatoms. The van der Waals surface area contributed by atoms with Gasteiger partial charge in [0.2, 0.25) is 0 Å². The topological polar surface area (TPSA) is 18.5 Å². The van der Waals surface area contributed by atoms with Crippen molar-refractivity contribution >= 4 is 5.69 Å². The van der Waals surface area contributed by atoms with E-state index in [-0.39, 0.29) is 5.82 Å². The van der Waals surface area contributed by atoms with Crippen LogP contribution in [0.25, 0.3) is 0 Å². The van der Waals surface area contributed by atoms with Gasteiger partial charge in [-0.25, -0.2) is 4.39 Å². The highest BCUT2D eigenvalue weighted by atomic mass is 19.1. The van der Waals surface area contributed by atoms with Crippen molar-refractivity contribution in [2.45, 2.75) is 33.4 Å². The number of benzene rings is 1. The summed E-state index contributed by atoms with van der Waals surface area (Å²) in [5.41, 5.74) is 2.24. The minimum absolute atomic E-state index is 0.151. The van der Waals surface area contributed by atoms with Gasteiger partial charge in [0.15, 0.2) is 0 Å². The average Bonchev–Trinajstić information content (AvgIpc) is 2.42. The van der Waals surface area contributed by atoms with Crippen LogP contribution in [0.2, 0.25) is 0 Å². The van der Waals surface area contributed by atoms with E-state index in [2.05, 4.69) is 42.9 Å². The summed E-state index contributed by atoms with van der Waals surface area (Å²) in [4.78, 5) is 4.76. The van der Waals surface area contributed by atoms with Crippen LogP contribution in [0.1, 0.15) is 26.3 Å². The van der Waals surface area contributed by atoms with Crippen LogP contribution in [0.3, 0.4) is 0 Å². The molecule has 0 aliphatic carbocycles. The van der Waals surface area contributed by atoms with Crippen LogP contribution in [0.5, 0.6) is 0 Å². The molecule has 0 aromatic heterocycles. The first-order chi connectivity index (χ1) is 9.97. The normalized spacial score (nSPS) is 20.3. The van der Waals surface area contributed by atoms with Crippen molar-refractivity contribution in [3.63, 3.8) is 0 Å². The van der Waals surface area contributed by atoms with E-state index in [0.717, 1.165) is 38.3 Å². The molecule has 0 saturated carbocycles. The fourth-order valence-electron chi connectivity index (χ4n) is 2.77. The van der Waals surface area contributed by atoms with Gasteiger partial charge in [0.25, 0.3) is 0 Å². The van der Waals surface area contributed by atoms with Crippen LogP contribution >= 0.6 is 0 Å². The zero-order valence-electron chi connectivity index (χ0n) is 13.7. The van der Waals surface area contributed by atoms with Crippen LogP contribution in [0.15, 0.2) is 18.2 Å². The molecule has 1 aliphatic heterocycles. The maximum absolute atomic E-state index is 13.6. The third kappa shape index (κ3) is 4.42. The summed E-state index contributed by atoms with van der Waals surface area (Å²) >= 11 is 0. The molecule has 1 N–H and O–H groups in total. The Hall–Kier alpha value is -1.13. The fraction of sp³-hybridized carbons (Fsp3) is 0.647. The van der Waals surface area contributed by atoms with Gasteiger partial charge >= 0.3 is 0 Å². The second-order valence-corrected chi connectivity index (χ2v) is 6.57. The third-order valence-electron chi connectivity index (χ3n) is 4.21. The zero-order valence-corrected chi connectivity index (χ0v) is 13.7. The Balaban J connectivity index is 2.11. The average molecular weight is 293 g/mol. The van der Waals surface area contributed by atoms with Crippen LogP contribution < -0.4 is 10.2 Å². The Labute approximate surface area is 128 Å². The molecule has 1 saturated heterocycles. The Kier molecular flexibility index (Phi) is 5.59.